The minimum absolute atomic E-state index is 0.0721. The predicted octanol–water partition coefficient (Wildman–Crippen LogP) is 2.81. The molecule has 1 rings (SSSR count). The lowest BCUT2D eigenvalue weighted by molar-refractivity contribution is -0.130. The molecular weight excluding hydrogens is 302 g/mol. The van der Waals surface area contributed by atoms with E-state index >= 15 is 0 Å². The van der Waals surface area contributed by atoms with Crippen LogP contribution >= 0.6 is 35.6 Å². The summed E-state index contributed by atoms with van der Waals surface area (Å²) in [5, 5.41) is 9.79. The van der Waals surface area contributed by atoms with Crippen LogP contribution in [0.1, 0.15) is 26.7 Å². The predicted molar refractivity (Wildman–Crippen MR) is 85.6 cm³/mol. The number of amides is 1. The summed E-state index contributed by atoms with van der Waals surface area (Å²) in [6.45, 7) is 4.16. The summed E-state index contributed by atoms with van der Waals surface area (Å²) < 4.78 is 0.626. The van der Waals surface area contributed by atoms with Crippen molar-refractivity contribution < 1.29 is 9.90 Å². The van der Waals surface area contributed by atoms with Gasteiger partial charge in [-0.15, -0.1) is 11.6 Å². The van der Waals surface area contributed by atoms with E-state index in [1.807, 2.05) is 0 Å². The number of carbonyl (C=O) groups is 1. The molecule has 1 fully saturated rings. The molecule has 6 heteroatoms. The average Bonchev–Trinajstić information content (AvgIpc) is 2.71. The lowest BCUT2D eigenvalue weighted by atomic mass is 10.0. The normalized spacial score (nSPS) is 21.6. The van der Waals surface area contributed by atoms with E-state index in [4.69, 9.17) is 23.8 Å². The van der Waals surface area contributed by atoms with Crippen LogP contribution in [0.25, 0.3) is 0 Å². The second-order valence-electron chi connectivity index (χ2n) is 4.83. The number of allylic oxidation sites excluding steroid dienone is 1. The zero-order valence-electron chi connectivity index (χ0n) is 11.2. The van der Waals surface area contributed by atoms with Crippen LogP contribution in [0.5, 0.6) is 0 Å². The van der Waals surface area contributed by atoms with Gasteiger partial charge in [0.05, 0.1) is 12.5 Å². The molecule has 1 aliphatic rings. The van der Waals surface area contributed by atoms with Crippen LogP contribution in [0, 0.1) is 5.92 Å². The van der Waals surface area contributed by atoms with Gasteiger partial charge in [-0.05, 0) is 12.3 Å². The molecule has 1 heterocycles. The largest absolute Gasteiger partial charge is 0.389 e. The first-order valence-electron chi connectivity index (χ1n) is 6.36. The molecule has 19 heavy (non-hydrogen) atoms. The second-order valence-corrected chi connectivity index (χ2v) is 6.86. The number of hydrogen-bond acceptors (Lipinski definition) is 4. The molecule has 0 spiro atoms. The lowest BCUT2D eigenvalue weighted by Crippen LogP contribution is -2.42. The second kappa shape index (κ2) is 8.25. The Morgan fingerprint density at radius 1 is 1.68 bits per heavy atom. The van der Waals surface area contributed by atoms with Gasteiger partial charge in [0.2, 0.25) is 5.91 Å². The third-order valence-electron chi connectivity index (χ3n) is 2.96. The molecule has 0 aliphatic carbocycles. The molecule has 108 valence electrons. The van der Waals surface area contributed by atoms with Gasteiger partial charge in [-0.2, -0.15) is 0 Å². The average molecular weight is 322 g/mol. The zero-order chi connectivity index (χ0) is 14.4. The van der Waals surface area contributed by atoms with Crippen LogP contribution < -0.4 is 0 Å². The smallest absolute Gasteiger partial charge is 0.231 e. The highest BCUT2D eigenvalue weighted by Gasteiger charge is 2.35. The highest BCUT2D eigenvalue weighted by molar-refractivity contribution is 8.23. The molecule has 0 saturated carbocycles. The van der Waals surface area contributed by atoms with E-state index in [0.29, 0.717) is 22.5 Å². The Bertz CT molecular complexity index is 361. The zero-order valence-corrected chi connectivity index (χ0v) is 13.6. The van der Waals surface area contributed by atoms with Crippen LogP contribution in [0.2, 0.25) is 0 Å². The molecule has 0 bridgehead atoms. The van der Waals surface area contributed by atoms with Crippen molar-refractivity contribution in [1.29, 1.82) is 0 Å². The number of halogens is 1. The van der Waals surface area contributed by atoms with Crippen molar-refractivity contribution in [3.05, 3.63) is 12.2 Å². The first-order chi connectivity index (χ1) is 8.97. The van der Waals surface area contributed by atoms with E-state index in [9.17, 15) is 9.90 Å². The third kappa shape index (κ3) is 5.06. The number of aliphatic hydroxyl groups is 1. The van der Waals surface area contributed by atoms with E-state index in [2.05, 4.69) is 13.8 Å². The standard InChI is InChI=1S/C13H20ClNO2S2/c1-9(2)11-8-19-13(18)15(11)12(17)7-10(16)5-3-4-6-14/h3,5,9-11,16H,4,6-8H2,1-2H3. The number of hydrogen-bond donors (Lipinski definition) is 1. The van der Waals surface area contributed by atoms with Crippen LogP contribution in [-0.4, -0.2) is 44.0 Å². The monoisotopic (exact) mass is 321 g/mol. The van der Waals surface area contributed by atoms with Crippen molar-refractivity contribution in [3.63, 3.8) is 0 Å². The summed E-state index contributed by atoms with van der Waals surface area (Å²) in [7, 11) is 0. The Kier molecular flexibility index (Phi) is 7.36. The molecule has 2 unspecified atom stereocenters. The summed E-state index contributed by atoms with van der Waals surface area (Å²) in [5.41, 5.74) is 0. The highest BCUT2D eigenvalue weighted by Crippen LogP contribution is 2.29. The van der Waals surface area contributed by atoms with Gasteiger partial charge in [0.15, 0.2) is 0 Å². The van der Waals surface area contributed by atoms with Gasteiger partial charge in [-0.1, -0.05) is 50.0 Å². The van der Waals surface area contributed by atoms with E-state index in [-0.39, 0.29) is 18.4 Å². The SMILES string of the molecule is CC(C)C1CSC(=S)N1C(=O)CC(O)C=CCCCl. The van der Waals surface area contributed by atoms with Gasteiger partial charge < -0.3 is 5.11 Å². The van der Waals surface area contributed by atoms with Crippen LogP contribution in [0.3, 0.4) is 0 Å². The van der Waals surface area contributed by atoms with Crippen LogP contribution in [-0.2, 0) is 4.79 Å². The number of rotatable bonds is 6. The quantitative estimate of drug-likeness (QED) is 0.464. The number of nitrogens with zero attached hydrogens (tertiary/aromatic N) is 1. The molecular formula is C13H20ClNO2S2. The molecule has 1 aliphatic heterocycles. The van der Waals surface area contributed by atoms with E-state index in [1.54, 1.807) is 17.1 Å². The van der Waals surface area contributed by atoms with E-state index < -0.39 is 6.10 Å². The van der Waals surface area contributed by atoms with Crippen molar-refractivity contribution in [3.8, 4) is 0 Å². The van der Waals surface area contributed by atoms with Crippen molar-refractivity contribution >= 4 is 45.8 Å². The Morgan fingerprint density at radius 3 is 2.95 bits per heavy atom. The Labute approximate surface area is 129 Å². The summed E-state index contributed by atoms with van der Waals surface area (Å²) in [5.74, 6) is 1.62. The van der Waals surface area contributed by atoms with Gasteiger partial charge in [0.1, 0.15) is 4.32 Å². The number of thiocarbonyl (C=S) groups is 1. The van der Waals surface area contributed by atoms with Gasteiger partial charge >= 0.3 is 0 Å². The summed E-state index contributed by atoms with van der Waals surface area (Å²) in [4.78, 5) is 13.9. The maximum Gasteiger partial charge on any atom is 0.231 e. The van der Waals surface area contributed by atoms with E-state index in [1.165, 1.54) is 11.8 Å². The summed E-state index contributed by atoms with van der Waals surface area (Å²) in [6.07, 6.45) is 3.41. The summed E-state index contributed by atoms with van der Waals surface area (Å²) >= 11 is 12.3. The van der Waals surface area contributed by atoms with Crippen molar-refractivity contribution in [2.24, 2.45) is 5.92 Å². The molecule has 1 saturated heterocycles. The fraction of sp³-hybridized carbons (Fsp3) is 0.692. The van der Waals surface area contributed by atoms with E-state index in [0.717, 1.165) is 5.75 Å². The number of aliphatic hydroxyl groups excluding tert-OH is 1. The Balaban J connectivity index is 2.58. The van der Waals surface area contributed by atoms with Crippen LogP contribution in [0.4, 0.5) is 0 Å². The molecule has 1 amide bonds. The van der Waals surface area contributed by atoms with Gasteiger partial charge in [-0.3, -0.25) is 9.69 Å². The first kappa shape index (κ1) is 17.0. The molecule has 0 radical (unpaired) electrons. The van der Waals surface area contributed by atoms with Crippen molar-refractivity contribution in [2.45, 2.75) is 38.8 Å². The van der Waals surface area contributed by atoms with Gasteiger partial charge in [-0.25, -0.2) is 0 Å². The first-order valence-corrected chi connectivity index (χ1v) is 8.29. The molecule has 0 aromatic carbocycles. The van der Waals surface area contributed by atoms with Crippen LogP contribution in [0.15, 0.2) is 12.2 Å². The molecule has 2 atom stereocenters. The highest BCUT2D eigenvalue weighted by atomic mass is 35.5. The fourth-order valence-electron chi connectivity index (χ4n) is 1.88. The van der Waals surface area contributed by atoms with Crippen molar-refractivity contribution in [2.75, 3.05) is 11.6 Å². The van der Waals surface area contributed by atoms with Crippen molar-refractivity contribution in [1.82, 2.24) is 4.90 Å². The van der Waals surface area contributed by atoms with Gasteiger partial charge in [0, 0.05) is 17.7 Å². The minimum atomic E-state index is -0.767. The number of alkyl halides is 1. The molecule has 3 nitrogen and oxygen atoms in total. The topological polar surface area (TPSA) is 40.5 Å². The fourth-order valence-corrected chi connectivity index (χ4v) is 3.67. The molecule has 1 N–H and O–H groups in total. The Hall–Kier alpha value is -0.100. The molecule has 0 aromatic rings. The molecule has 0 aromatic heterocycles. The Morgan fingerprint density at radius 2 is 2.37 bits per heavy atom. The third-order valence-corrected chi connectivity index (χ3v) is 4.68. The lowest BCUT2D eigenvalue weighted by Gasteiger charge is -2.27. The number of thioether (sulfide) groups is 1. The summed E-state index contributed by atoms with van der Waals surface area (Å²) in [6, 6.07) is 0.143. The maximum atomic E-state index is 12.2. The maximum absolute atomic E-state index is 12.2. The van der Waals surface area contributed by atoms with Gasteiger partial charge in [0.25, 0.3) is 0 Å². The minimum Gasteiger partial charge on any atom is -0.389 e. The number of carbonyl (C=O) groups excluding carboxylic acids is 1.